The first kappa shape index (κ1) is 11.0. The summed E-state index contributed by atoms with van der Waals surface area (Å²) in [4.78, 5) is 21.5. The molecule has 1 heterocycles. The summed E-state index contributed by atoms with van der Waals surface area (Å²) in [6, 6.07) is 0. The topological polar surface area (TPSA) is 72.8 Å². The highest BCUT2D eigenvalue weighted by molar-refractivity contribution is 5.82. The first-order valence-electron chi connectivity index (χ1n) is 4.38. The second-order valence-electron chi connectivity index (χ2n) is 4.36. The van der Waals surface area contributed by atoms with Crippen LogP contribution in [0.5, 0.6) is 0 Å². The largest absolute Gasteiger partial charge is 0.481 e. The van der Waals surface area contributed by atoms with Gasteiger partial charge < -0.3 is 14.6 Å². The number of carboxylic acid groups (broad SMARTS) is 1. The molecule has 80 valence electrons. The average Bonchev–Trinajstić information content (AvgIpc) is 2.30. The number of carbonyl (C=O) groups is 2. The number of cyclic esters (lactones) is 1. The van der Waals surface area contributed by atoms with E-state index in [1.54, 1.807) is 0 Å². The van der Waals surface area contributed by atoms with Gasteiger partial charge in [0.25, 0.3) is 0 Å². The molecule has 1 fully saturated rings. The van der Waals surface area contributed by atoms with Gasteiger partial charge in [-0.25, -0.2) is 4.79 Å². The molecule has 1 aliphatic heterocycles. The maximum absolute atomic E-state index is 11.2. The molecule has 14 heavy (non-hydrogen) atoms. The van der Waals surface area contributed by atoms with Gasteiger partial charge >= 0.3 is 11.9 Å². The van der Waals surface area contributed by atoms with Gasteiger partial charge in [0.15, 0.2) is 6.10 Å². The Kier molecular flexibility index (Phi) is 2.80. The molecule has 0 aromatic rings. The van der Waals surface area contributed by atoms with Gasteiger partial charge in [-0.3, -0.25) is 4.79 Å². The Morgan fingerprint density at radius 1 is 1.50 bits per heavy atom. The molecular weight excluding hydrogens is 188 g/mol. The highest BCUT2D eigenvalue weighted by Crippen LogP contribution is 2.30. The highest BCUT2D eigenvalue weighted by Gasteiger charge is 2.42. The van der Waals surface area contributed by atoms with Crippen molar-refractivity contribution in [2.75, 3.05) is 0 Å². The molecule has 0 amide bonds. The van der Waals surface area contributed by atoms with Crippen LogP contribution in [0.1, 0.15) is 27.2 Å². The Bertz CT molecular complexity index is 252. The molecule has 1 rings (SSSR count). The summed E-state index contributed by atoms with van der Waals surface area (Å²) in [5.74, 6) is -1.66. The molecule has 5 heteroatoms. The molecule has 0 aromatic heterocycles. The monoisotopic (exact) mass is 202 g/mol. The number of carbonyl (C=O) groups excluding carboxylic acids is 1. The van der Waals surface area contributed by atoms with Gasteiger partial charge in [0.2, 0.25) is 6.29 Å². The van der Waals surface area contributed by atoms with Crippen LogP contribution in [-0.4, -0.2) is 29.4 Å². The molecule has 0 aliphatic carbocycles. The van der Waals surface area contributed by atoms with Crippen LogP contribution < -0.4 is 0 Å². The van der Waals surface area contributed by atoms with Crippen molar-refractivity contribution in [2.45, 2.75) is 39.6 Å². The van der Waals surface area contributed by atoms with Crippen LogP contribution >= 0.6 is 0 Å². The smallest absolute Gasteiger partial charge is 0.338 e. The summed E-state index contributed by atoms with van der Waals surface area (Å²) < 4.78 is 10.1. The maximum Gasteiger partial charge on any atom is 0.338 e. The van der Waals surface area contributed by atoms with Crippen LogP contribution in [0.4, 0.5) is 0 Å². The minimum atomic E-state index is -1.07. The molecular formula is C9H14O5. The van der Waals surface area contributed by atoms with Crippen LogP contribution in [-0.2, 0) is 19.1 Å². The van der Waals surface area contributed by atoms with E-state index < -0.39 is 24.3 Å². The van der Waals surface area contributed by atoms with Crippen LogP contribution in [0.15, 0.2) is 0 Å². The van der Waals surface area contributed by atoms with Crippen molar-refractivity contribution in [3.8, 4) is 0 Å². The fraction of sp³-hybridized carbons (Fsp3) is 0.778. The molecule has 2 atom stereocenters. The number of carboxylic acids is 1. The first-order chi connectivity index (χ1) is 6.30. The zero-order valence-corrected chi connectivity index (χ0v) is 8.44. The molecule has 1 aliphatic rings. The van der Waals surface area contributed by atoms with E-state index in [1.165, 1.54) is 0 Å². The van der Waals surface area contributed by atoms with E-state index in [-0.39, 0.29) is 11.8 Å². The fourth-order valence-electron chi connectivity index (χ4n) is 1.08. The van der Waals surface area contributed by atoms with Crippen LogP contribution in [0.25, 0.3) is 0 Å². The van der Waals surface area contributed by atoms with Crippen molar-refractivity contribution in [2.24, 2.45) is 5.41 Å². The van der Waals surface area contributed by atoms with E-state index in [4.69, 9.17) is 14.6 Å². The lowest BCUT2D eigenvalue weighted by Gasteiger charge is -2.23. The predicted octanol–water partition coefficient (Wildman–Crippen LogP) is 0.775. The molecule has 5 nitrogen and oxygen atoms in total. The zero-order chi connectivity index (χ0) is 10.9. The SMILES string of the molecule is CC(C)(C)C1OC(=O)C(CC(=O)O)O1. The highest BCUT2D eigenvalue weighted by atomic mass is 16.8. The Balaban J connectivity index is 2.60. The molecule has 0 saturated carbocycles. The van der Waals surface area contributed by atoms with Crippen molar-refractivity contribution in [1.29, 1.82) is 0 Å². The Morgan fingerprint density at radius 2 is 2.07 bits per heavy atom. The minimum Gasteiger partial charge on any atom is -0.481 e. The zero-order valence-electron chi connectivity index (χ0n) is 8.44. The summed E-state index contributed by atoms with van der Waals surface area (Å²) in [6.45, 7) is 5.57. The van der Waals surface area contributed by atoms with Gasteiger partial charge in [0.1, 0.15) is 0 Å². The first-order valence-corrected chi connectivity index (χ1v) is 4.38. The van der Waals surface area contributed by atoms with E-state index >= 15 is 0 Å². The molecule has 0 aromatic carbocycles. The summed E-state index contributed by atoms with van der Waals surface area (Å²) in [6.07, 6.45) is -1.96. The van der Waals surface area contributed by atoms with Crippen LogP contribution in [0, 0.1) is 5.41 Å². The molecule has 2 unspecified atom stereocenters. The van der Waals surface area contributed by atoms with E-state index in [0.29, 0.717) is 0 Å². The number of hydrogen-bond acceptors (Lipinski definition) is 4. The molecule has 1 saturated heterocycles. The molecule has 0 spiro atoms. The predicted molar refractivity (Wildman–Crippen MR) is 46.5 cm³/mol. The maximum atomic E-state index is 11.2. The molecule has 1 N–H and O–H groups in total. The number of ether oxygens (including phenoxy) is 2. The van der Waals surface area contributed by atoms with Crippen molar-refractivity contribution in [3.05, 3.63) is 0 Å². The number of esters is 1. The fourth-order valence-corrected chi connectivity index (χ4v) is 1.08. The normalized spacial score (nSPS) is 27.5. The standard InChI is InChI=1S/C9H14O5/c1-9(2,3)8-13-5(4-6(10)11)7(12)14-8/h5,8H,4H2,1-3H3,(H,10,11). The number of hydrogen-bond donors (Lipinski definition) is 1. The van der Waals surface area contributed by atoms with Crippen molar-refractivity contribution in [1.82, 2.24) is 0 Å². The third kappa shape index (κ3) is 2.45. The van der Waals surface area contributed by atoms with Crippen molar-refractivity contribution < 1.29 is 24.2 Å². The lowest BCUT2D eigenvalue weighted by molar-refractivity contribution is -0.154. The van der Waals surface area contributed by atoms with Gasteiger partial charge in [0.05, 0.1) is 6.42 Å². The van der Waals surface area contributed by atoms with E-state index in [1.807, 2.05) is 20.8 Å². The molecule has 0 radical (unpaired) electrons. The van der Waals surface area contributed by atoms with E-state index in [2.05, 4.69) is 0 Å². The van der Waals surface area contributed by atoms with Gasteiger partial charge in [-0.05, 0) is 0 Å². The quantitative estimate of drug-likeness (QED) is 0.670. The lowest BCUT2D eigenvalue weighted by atomic mass is 9.96. The Hall–Kier alpha value is -1.10. The Morgan fingerprint density at radius 3 is 2.43 bits per heavy atom. The lowest BCUT2D eigenvalue weighted by Crippen LogP contribution is -2.28. The van der Waals surface area contributed by atoms with Gasteiger partial charge in [-0.15, -0.1) is 0 Å². The van der Waals surface area contributed by atoms with Gasteiger partial charge in [-0.1, -0.05) is 20.8 Å². The van der Waals surface area contributed by atoms with Crippen LogP contribution in [0.3, 0.4) is 0 Å². The minimum absolute atomic E-state index is 0.330. The van der Waals surface area contributed by atoms with Gasteiger partial charge in [0, 0.05) is 5.41 Å². The third-order valence-corrected chi connectivity index (χ3v) is 1.84. The van der Waals surface area contributed by atoms with Crippen molar-refractivity contribution in [3.63, 3.8) is 0 Å². The Labute approximate surface area is 82.0 Å². The number of aliphatic carboxylic acids is 1. The number of rotatable bonds is 2. The summed E-state index contributed by atoms with van der Waals surface area (Å²) in [5.41, 5.74) is -0.330. The average molecular weight is 202 g/mol. The molecule has 0 bridgehead atoms. The summed E-state index contributed by atoms with van der Waals surface area (Å²) in [7, 11) is 0. The third-order valence-electron chi connectivity index (χ3n) is 1.84. The van der Waals surface area contributed by atoms with Crippen LogP contribution in [0.2, 0.25) is 0 Å². The summed E-state index contributed by atoms with van der Waals surface area (Å²) in [5, 5.41) is 8.49. The summed E-state index contributed by atoms with van der Waals surface area (Å²) >= 11 is 0. The second kappa shape index (κ2) is 3.57. The second-order valence-corrected chi connectivity index (χ2v) is 4.36. The van der Waals surface area contributed by atoms with E-state index in [0.717, 1.165) is 0 Å². The van der Waals surface area contributed by atoms with E-state index in [9.17, 15) is 9.59 Å². The van der Waals surface area contributed by atoms with Gasteiger partial charge in [-0.2, -0.15) is 0 Å². The van der Waals surface area contributed by atoms with Crippen molar-refractivity contribution >= 4 is 11.9 Å².